The molecule has 0 spiro atoms. The topological polar surface area (TPSA) is 68.7 Å². The molecule has 3 aromatic rings. The molecular formula is C25H30Cl2N4O3. The van der Waals surface area contributed by atoms with Crippen LogP contribution >= 0.6 is 23.2 Å². The smallest absolute Gasteiger partial charge is 0.163 e. The van der Waals surface area contributed by atoms with Crippen molar-refractivity contribution in [1.29, 1.82) is 0 Å². The quantitative estimate of drug-likeness (QED) is 0.341. The van der Waals surface area contributed by atoms with E-state index < -0.39 is 0 Å². The minimum absolute atomic E-state index is 0.0214. The summed E-state index contributed by atoms with van der Waals surface area (Å²) < 4.78 is 17.7. The number of methoxy groups -OCH3 is 1. The van der Waals surface area contributed by atoms with Crippen LogP contribution in [0.3, 0.4) is 0 Å². The molecule has 1 unspecified atom stereocenters. The van der Waals surface area contributed by atoms with Crippen molar-refractivity contribution in [2.45, 2.75) is 32.3 Å². The number of rotatable bonds is 10. The van der Waals surface area contributed by atoms with E-state index in [-0.39, 0.29) is 6.10 Å². The molecule has 1 saturated heterocycles. The average molecular weight is 505 g/mol. The largest absolute Gasteiger partial charge is 0.493 e. The highest BCUT2D eigenvalue weighted by molar-refractivity contribution is 6.42. The molecule has 2 aromatic carbocycles. The van der Waals surface area contributed by atoms with E-state index in [0.29, 0.717) is 34.0 Å². The van der Waals surface area contributed by atoms with Crippen LogP contribution < -0.4 is 14.8 Å². The van der Waals surface area contributed by atoms with Gasteiger partial charge in [-0.2, -0.15) is 0 Å². The minimum Gasteiger partial charge on any atom is -0.493 e. The number of ether oxygens (including phenoxy) is 3. The van der Waals surface area contributed by atoms with Gasteiger partial charge in [0.05, 0.1) is 29.3 Å². The Morgan fingerprint density at radius 2 is 2.00 bits per heavy atom. The second kappa shape index (κ2) is 11.9. The molecule has 7 nitrogen and oxygen atoms in total. The van der Waals surface area contributed by atoms with Crippen molar-refractivity contribution < 1.29 is 14.2 Å². The molecule has 4 rings (SSSR count). The van der Waals surface area contributed by atoms with Crippen molar-refractivity contribution in [1.82, 2.24) is 14.9 Å². The first-order valence-electron chi connectivity index (χ1n) is 11.6. The van der Waals surface area contributed by atoms with Crippen LogP contribution in [0, 0.1) is 0 Å². The van der Waals surface area contributed by atoms with Crippen LogP contribution in [-0.2, 0) is 4.74 Å². The fourth-order valence-corrected chi connectivity index (χ4v) is 4.30. The zero-order valence-electron chi connectivity index (χ0n) is 19.5. The van der Waals surface area contributed by atoms with Gasteiger partial charge in [0, 0.05) is 30.2 Å². The third-order valence-electron chi connectivity index (χ3n) is 5.83. The molecule has 0 bridgehead atoms. The molecule has 1 aliphatic rings. The van der Waals surface area contributed by atoms with Crippen LogP contribution in [0.5, 0.6) is 11.5 Å². The lowest BCUT2D eigenvalue weighted by Crippen LogP contribution is -2.45. The second-order valence-corrected chi connectivity index (χ2v) is 9.12. The van der Waals surface area contributed by atoms with Gasteiger partial charge in [-0.15, -0.1) is 0 Å². The second-order valence-electron chi connectivity index (χ2n) is 8.31. The van der Waals surface area contributed by atoms with Crippen molar-refractivity contribution in [3.63, 3.8) is 0 Å². The maximum Gasteiger partial charge on any atom is 0.163 e. The van der Waals surface area contributed by atoms with Gasteiger partial charge >= 0.3 is 0 Å². The number of fused-ring (bicyclic) bond motifs is 1. The fourth-order valence-electron chi connectivity index (χ4n) is 4.00. The number of unbranched alkanes of at least 4 members (excludes halogenated alkanes) is 2. The summed E-state index contributed by atoms with van der Waals surface area (Å²) in [5.74, 6) is 1.86. The Balaban J connectivity index is 1.48. The zero-order valence-corrected chi connectivity index (χ0v) is 21.0. The lowest BCUT2D eigenvalue weighted by molar-refractivity contribution is -0.0484. The highest BCUT2D eigenvalue weighted by atomic mass is 35.5. The summed E-state index contributed by atoms with van der Waals surface area (Å²) in [5, 5.41) is 5.04. The summed E-state index contributed by atoms with van der Waals surface area (Å²) in [5.41, 5.74) is 1.51. The summed E-state index contributed by atoms with van der Waals surface area (Å²) in [6, 6.07) is 9.08. The Morgan fingerprint density at radius 3 is 2.79 bits per heavy atom. The third kappa shape index (κ3) is 6.21. The molecule has 1 aliphatic heterocycles. The van der Waals surface area contributed by atoms with Crippen molar-refractivity contribution >= 4 is 45.6 Å². The maximum atomic E-state index is 6.15. The van der Waals surface area contributed by atoms with E-state index in [0.717, 1.165) is 42.8 Å². The van der Waals surface area contributed by atoms with Crippen LogP contribution in [0.25, 0.3) is 10.9 Å². The van der Waals surface area contributed by atoms with Crippen LogP contribution in [0.2, 0.25) is 10.0 Å². The molecular weight excluding hydrogens is 475 g/mol. The van der Waals surface area contributed by atoms with Crippen LogP contribution in [-0.4, -0.2) is 60.9 Å². The number of nitrogens with one attached hydrogen (secondary N) is 1. The summed E-state index contributed by atoms with van der Waals surface area (Å²) >= 11 is 12.2. The number of hydrogen-bond donors (Lipinski definition) is 1. The van der Waals surface area contributed by atoms with E-state index in [1.54, 1.807) is 19.2 Å². The van der Waals surface area contributed by atoms with Crippen LogP contribution in [0.1, 0.15) is 26.2 Å². The Kier molecular flexibility index (Phi) is 8.67. The van der Waals surface area contributed by atoms with E-state index in [1.165, 1.54) is 25.6 Å². The predicted octanol–water partition coefficient (Wildman–Crippen LogP) is 5.96. The molecule has 1 atom stereocenters. The van der Waals surface area contributed by atoms with Gasteiger partial charge in [-0.25, -0.2) is 9.97 Å². The van der Waals surface area contributed by atoms with E-state index in [4.69, 9.17) is 37.4 Å². The standard InChI is InChI=1S/C25H30Cl2N4O3/c1-3-4-5-8-31-9-10-33-18(14-31)15-34-24-13-22-19(12-23(24)32-2)25(29-16-28-22)30-17-6-7-20(26)21(27)11-17/h6-7,11-13,16,18H,3-5,8-10,14-15H2,1-2H3,(H,28,29,30). The molecule has 9 heteroatoms. The Morgan fingerprint density at radius 1 is 1.12 bits per heavy atom. The zero-order chi connectivity index (χ0) is 23.9. The monoisotopic (exact) mass is 504 g/mol. The Bertz CT molecular complexity index is 1110. The summed E-state index contributed by atoms with van der Waals surface area (Å²) in [6.45, 7) is 6.37. The summed E-state index contributed by atoms with van der Waals surface area (Å²) in [6.07, 6.45) is 5.24. The first-order chi connectivity index (χ1) is 16.6. The Hall–Kier alpha value is -2.32. The SMILES string of the molecule is CCCCCN1CCOC(COc2cc3ncnc(Nc4ccc(Cl)c(Cl)c4)c3cc2OC)C1. The number of benzene rings is 2. The molecule has 1 N–H and O–H groups in total. The number of halogens is 2. The van der Waals surface area contributed by atoms with Gasteiger partial charge in [0.25, 0.3) is 0 Å². The highest BCUT2D eigenvalue weighted by Crippen LogP contribution is 2.35. The van der Waals surface area contributed by atoms with Gasteiger partial charge < -0.3 is 19.5 Å². The van der Waals surface area contributed by atoms with Crippen LogP contribution in [0.4, 0.5) is 11.5 Å². The van der Waals surface area contributed by atoms with E-state index in [1.807, 2.05) is 18.2 Å². The van der Waals surface area contributed by atoms with E-state index in [2.05, 4.69) is 27.1 Å². The first-order valence-corrected chi connectivity index (χ1v) is 12.3. The molecule has 0 radical (unpaired) electrons. The molecule has 1 aromatic heterocycles. The van der Waals surface area contributed by atoms with E-state index >= 15 is 0 Å². The summed E-state index contributed by atoms with van der Waals surface area (Å²) in [7, 11) is 1.62. The maximum absolute atomic E-state index is 6.15. The minimum atomic E-state index is 0.0214. The molecule has 34 heavy (non-hydrogen) atoms. The van der Waals surface area contributed by atoms with Crippen molar-refractivity contribution in [3.8, 4) is 11.5 Å². The normalized spacial score (nSPS) is 16.5. The number of hydrogen-bond acceptors (Lipinski definition) is 7. The highest BCUT2D eigenvalue weighted by Gasteiger charge is 2.22. The van der Waals surface area contributed by atoms with Gasteiger partial charge in [0.1, 0.15) is 24.9 Å². The van der Waals surface area contributed by atoms with Gasteiger partial charge in [-0.1, -0.05) is 43.0 Å². The number of anilines is 2. The molecule has 0 aliphatic carbocycles. The van der Waals surface area contributed by atoms with E-state index in [9.17, 15) is 0 Å². The molecule has 2 heterocycles. The lowest BCUT2D eigenvalue weighted by atomic mass is 10.2. The van der Waals surface area contributed by atoms with Gasteiger partial charge in [-0.05, 0) is 37.2 Å². The Labute approximate surface area is 210 Å². The van der Waals surface area contributed by atoms with Gasteiger partial charge in [0.2, 0.25) is 0 Å². The molecule has 1 fully saturated rings. The fraction of sp³-hybridized carbons (Fsp3) is 0.440. The average Bonchev–Trinajstić information content (AvgIpc) is 2.85. The molecule has 0 saturated carbocycles. The van der Waals surface area contributed by atoms with Crippen molar-refractivity contribution in [2.24, 2.45) is 0 Å². The number of morpholine rings is 1. The lowest BCUT2D eigenvalue weighted by Gasteiger charge is -2.32. The van der Waals surface area contributed by atoms with Crippen molar-refractivity contribution in [3.05, 3.63) is 46.7 Å². The predicted molar refractivity (Wildman–Crippen MR) is 137 cm³/mol. The van der Waals surface area contributed by atoms with Crippen LogP contribution in [0.15, 0.2) is 36.7 Å². The van der Waals surface area contributed by atoms with Gasteiger partial charge in [-0.3, -0.25) is 4.90 Å². The first kappa shape index (κ1) is 24.8. The summed E-state index contributed by atoms with van der Waals surface area (Å²) in [4.78, 5) is 11.3. The van der Waals surface area contributed by atoms with Gasteiger partial charge in [0.15, 0.2) is 11.5 Å². The number of aromatic nitrogens is 2. The molecule has 182 valence electrons. The van der Waals surface area contributed by atoms with Crippen molar-refractivity contribution in [2.75, 3.05) is 45.3 Å². The number of nitrogens with zero attached hydrogens (tertiary/aromatic N) is 3. The molecule has 0 amide bonds. The third-order valence-corrected chi connectivity index (χ3v) is 6.57.